The maximum atomic E-state index is 14.3. The van der Waals surface area contributed by atoms with Crippen molar-refractivity contribution in [3.05, 3.63) is 131 Å². The monoisotopic (exact) mass is 651 g/mol. The predicted molar refractivity (Wildman–Crippen MR) is 176 cm³/mol. The zero-order valence-electron chi connectivity index (χ0n) is 25.9. The van der Waals surface area contributed by atoms with Gasteiger partial charge in [-0.05, 0) is 61.9 Å². The van der Waals surface area contributed by atoms with E-state index < -0.39 is 16.9 Å². The van der Waals surface area contributed by atoms with E-state index in [0.717, 1.165) is 5.69 Å². The fourth-order valence-electron chi connectivity index (χ4n) is 5.44. The fraction of sp³-hybridized carbons (Fsp3) is 0.176. The van der Waals surface area contributed by atoms with Crippen molar-refractivity contribution < 1.29 is 23.9 Å². The number of allylic oxidation sites excluding steroid dienone is 1. The molecule has 0 saturated carbocycles. The third-order valence-electron chi connectivity index (χ3n) is 7.65. The quantitative estimate of drug-likeness (QED) is 0.128. The summed E-state index contributed by atoms with van der Waals surface area (Å²) in [4.78, 5) is 43.9. The predicted octanol–water partition coefficient (Wildman–Crippen LogP) is 4.58. The van der Waals surface area contributed by atoms with Crippen LogP contribution in [0.15, 0.2) is 100 Å². The Balaban J connectivity index is 1.57. The molecule has 0 radical (unpaired) electrons. The summed E-state index contributed by atoms with van der Waals surface area (Å²) in [6, 6.07) is 20.3. The van der Waals surface area contributed by atoms with E-state index in [9.17, 15) is 19.7 Å². The normalized spacial score (nSPS) is 14.4. The molecule has 3 aromatic carbocycles. The first-order valence-corrected chi connectivity index (χ1v) is 15.4. The summed E-state index contributed by atoms with van der Waals surface area (Å²) < 4.78 is 19.4. The number of para-hydroxylation sites is 1. The minimum absolute atomic E-state index is 0.113. The molecular formula is C34H29N5O7S. The maximum absolute atomic E-state index is 14.3. The molecule has 12 nitrogen and oxygen atoms in total. The van der Waals surface area contributed by atoms with Gasteiger partial charge in [-0.15, -0.1) is 0 Å². The molecule has 0 amide bonds. The number of nitrogens with zero attached hydrogens (tertiary/aromatic N) is 5. The lowest BCUT2D eigenvalue weighted by Gasteiger charge is -2.24. The molecule has 2 aromatic heterocycles. The molecule has 0 fully saturated rings. The van der Waals surface area contributed by atoms with Crippen LogP contribution in [0.1, 0.15) is 31.0 Å². The average Bonchev–Trinajstić information content (AvgIpc) is 3.64. The summed E-state index contributed by atoms with van der Waals surface area (Å²) in [6.07, 6.45) is 3.45. The minimum atomic E-state index is -0.797. The van der Waals surface area contributed by atoms with Gasteiger partial charge in [-0.1, -0.05) is 41.7 Å². The van der Waals surface area contributed by atoms with Gasteiger partial charge in [0.05, 0.1) is 53.3 Å². The summed E-state index contributed by atoms with van der Waals surface area (Å²) in [5.41, 5.74) is 2.98. The van der Waals surface area contributed by atoms with E-state index in [1.165, 1.54) is 35.1 Å². The molecule has 0 N–H and O–H groups in total. The SMILES string of the molecule is CCOC(=O)C1=C(C)N=c2s/c(=C/c3cn(-c4ccccc4)nc3-c3ccc(OC)c([N+](=O)[O-])c3)c(=O)n2[C@@H]1c1ccc(OC)cc1. The number of hydrogen-bond donors (Lipinski definition) is 0. The Bertz CT molecular complexity index is 2220. The van der Waals surface area contributed by atoms with Crippen molar-refractivity contribution >= 4 is 29.1 Å². The topological polar surface area (TPSA) is 140 Å². The van der Waals surface area contributed by atoms with Crippen LogP contribution in [-0.4, -0.2) is 46.1 Å². The largest absolute Gasteiger partial charge is 0.497 e. The van der Waals surface area contributed by atoms with Crippen molar-refractivity contribution in [2.24, 2.45) is 4.99 Å². The summed E-state index contributed by atoms with van der Waals surface area (Å²) >= 11 is 1.17. The molecule has 0 bridgehead atoms. The average molecular weight is 652 g/mol. The number of hydrogen-bond acceptors (Lipinski definition) is 10. The Morgan fingerprint density at radius 2 is 1.81 bits per heavy atom. The number of aromatic nitrogens is 3. The lowest BCUT2D eigenvalue weighted by molar-refractivity contribution is -0.385. The van der Waals surface area contributed by atoms with Crippen molar-refractivity contribution in [1.82, 2.24) is 14.3 Å². The number of methoxy groups -OCH3 is 2. The number of fused-ring (bicyclic) bond motifs is 1. The van der Waals surface area contributed by atoms with Crippen LogP contribution in [0, 0.1) is 10.1 Å². The molecule has 238 valence electrons. The van der Waals surface area contributed by atoms with E-state index in [0.29, 0.717) is 43.2 Å². The number of rotatable bonds is 9. The first-order chi connectivity index (χ1) is 22.7. The van der Waals surface area contributed by atoms with Crippen LogP contribution >= 0.6 is 11.3 Å². The van der Waals surface area contributed by atoms with Gasteiger partial charge in [0, 0.05) is 23.4 Å². The lowest BCUT2D eigenvalue weighted by atomic mass is 9.96. The highest BCUT2D eigenvalue weighted by atomic mass is 32.1. The van der Waals surface area contributed by atoms with Crippen LogP contribution in [0.2, 0.25) is 0 Å². The van der Waals surface area contributed by atoms with Crippen molar-refractivity contribution in [3.8, 4) is 28.4 Å². The Labute approximate surface area is 272 Å². The second kappa shape index (κ2) is 12.9. The second-order valence-corrected chi connectivity index (χ2v) is 11.4. The number of thiazole rings is 1. The summed E-state index contributed by atoms with van der Waals surface area (Å²) in [7, 11) is 2.93. The molecule has 0 saturated heterocycles. The molecule has 6 rings (SSSR count). The van der Waals surface area contributed by atoms with Gasteiger partial charge in [0.15, 0.2) is 10.6 Å². The van der Waals surface area contributed by atoms with E-state index in [1.54, 1.807) is 68.2 Å². The molecule has 47 heavy (non-hydrogen) atoms. The van der Waals surface area contributed by atoms with Gasteiger partial charge in [-0.25, -0.2) is 14.5 Å². The molecule has 0 aliphatic carbocycles. The zero-order chi connectivity index (χ0) is 33.2. The minimum Gasteiger partial charge on any atom is -0.497 e. The number of esters is 1. The molecule has 0 unspecified atom stereocenters. The summed E-state index contributed by atoms with van der Waals surface area (Å²) in [6.45, 7) is 3.60. The molecule has 1 atom stereocenters. The van der Waals surface area contributed by atoms with Crippen molar-refractivity contribution in [1.29, 1.82) is 0 Å². The number of benzene rings is 3. The van der Waals surface area contributed by atoms with Crippen LogP contribution in [0.25, 0.3) is 23.0 Å². The van der Waals surface area contributed by atoms with E-state index in [-0.39, 0.29) is 29.2 Å². The van der Waals surface area contributed by atoms with Gasteiger partial charge in [-0.2, -0.15) is 5.10 Å². The molecule has 0 spiro atoms. The van der Waals surface area contributed by atoms with Crippen LogP contribution in [0.5, 0.6) is 11.5 Å². The first-order valence-electron chi connectivity index (χ1n) is 14.6. The molecule has 5 aromatic rings. The third kappa shape index (κ3) is 5.84. The summed E-state index contributed by atoms with van der Waals surface area (Å²) in [5, 5.41) is 16.6. The van der Waals surface area contributed by atoms with Crippen molar-refractivity contribution in [3.63, 3.8) is 0 Å². The summed E-state index contributed by atoms with van der Waals surface area (Å²) in [5.74, 6) is 0.181. The standard InChI is InChI=1S/C34H29N5O7S/c1-5-46-33(41)29-20(2)35-34-38(31(29)21-11-14-25(44-3)15-12-21)32(40)28(47-34)18-23-19-37(24-9-7-6-8-10-24)36-30(23)22-13-16-27(45-4)26(17-22)39(42)43/h6-19,31H,5H2,1-4H3/b28-18+/t31-/m1/s1. The second-order valence-electron chi connectivity index (χ2n) is 10.4. The highest BCUT2D eigenvalue weighted by molar-refractivity contribution is 7.07. The number of carbonyl (C=O) groups is 1. The highest BCUT2D eigenvalue weighted by Crippen LogP contribution is 2.34. The van der Waals surface area contributed by atoms with Crippen LogP contribution in [0.4, 0.5) is 5.69 Å². The van der Waals surface area contributed by atoms with Crippen molar-refractivity contribution in [2.45, 2.75) is 19.9 Å². The fourth-order valence-corrected chi connectivity index (χ4v) is 6.48. The van der Waals surface area contributed by atoms with Gasteiger partial charge >= 0.3 is 11.7 Å². The van der Waals surface area contributed by atoms with Crippen LogP contribution in [0.3, 0.4) is 0 Å². The van der Waals surface area contributed by atoms with E-state index in [4.69, 9.17) is 19.3 Å². The third-order valence-corrected chi connectivity index (χ3v) is 8.63. The number of ether oxygens (including phenoxy) is 3. The Kier molecular flexibility index (Phi) is 8.55. The smallest absolute Gasteiger partial charge is 0.338 e. The van der Waals surface area contributed by atoms with Gasteiger partial charge in [0.25, 0.3) is 5.56 Å². The van der Waals surface area contributed by atoms with E-state index in [2.05, 4.69) is 4.99 Å². The number of nitro groups is 1. The molecule has 13 heteroatoms. The number of nitro benzene ring substituents is 1. The van der Waals surface area contributed by atoms with E-state index in [1.807, 2.05) is 30.3 Å². The molecular weight excluding hydrogens is 622 g/mol. The molecule has 3 heterocycles. The van der Waals surface area contributed by atoms with Crippen LogP contribution in [-0.2, 0) is 9.53 Å². The first kappa shape index (κ1) is 31.2. The van der Waals surface area contributed by atoms with Gasteiger partial charge < -0.3 is 14.2 Å². The van der Waals surface area contributed by atoms with Crippen LogP contribution < -0.4 is 24.4 Å². The zero-order valence-corrected chi connectivity index (χ0v) is 26.7. The number of carbonyl (C=O) groups excluding carboxylic acids is 1. The molecule has 1 aliphatic heterocycles. The van der Waals surface area contributed by atoms with Gasteiger partial charge in [0.2, 0.25) is 0 Å². The Hall–Kier alpha value is -5.82. The van der Waals surface area contributed by atoms with Gasteiger partial charge in [-0.3, -0.25) is 19.5 Å². The van der Waals surface area contributed by atoms with Gasteiger partial charge in [0.1, 0.15) is 11.4 Å². The Morgan fingerprint density at radius 3 is 2.47 bits per heavy atom. The lowest BCUT2D eigenvalue weighted by Crippen LogP contribution is -2.39. The highest BCUT2D eigenvalue weighted by Gasteiger charge is 2.33. The molecule has 1 aliphatic rings. The van der Waals surface area contributed by atoms with E-state index >= 15 is 0 Å². The maximum Gasteiger partial charge on any atom is 0.338 e. The van der Waals surface area contributed by atoms with Crippen molar-refractivity contribution in [2.75, 3.05) is 20.8 Å². The Morgan fingerprint density at radius 1 is 1.06 bits per heavy atom.